The summed E-state index contributed by atoms with van der Waals surface area (Å²) in [6.07, 6.45) is 2.36. The van der Waals surface area contributed by atoms with E-state index in [-0.39, 0.29) is 47.5 Å². The predicted molar refractivity (Wildman–Crippen MR) is 210 cm³/mol. The molecule has 4 amide bonds. The highest BCUT2D eigenvalue weighted by Gasteiger charge is 2.63. The van der Waals surface area contributed by atoms with Crippen LogP contribution in [-0.2, 0) is 24.4 Å². The van der Waals surface area contributed by atoms with E-state index >= 15 is 0 Å². The van der Waals surface area contributed by atoms with Crippen molar-refractivity contribution in [1.82, 2.24) is 29.6 Å². The van der Waals surface area contributed by atoms with Gasteiger partial charge in [-0.05, 0) is 98.8 Å². The Bertz CT molecular complexity index is 2520. The zero-order valence-corrected chi connectivity index (χ0v) is 33.7. The highest BCUT2D eigenvalue weighted by Crippen LogP contribution is 2.48. The van der Waals surface area contributed by atoms with Gasteiger partial charge in [0.05, 0.1) is 16.8 Å². The fraction of sp³-hybridized carbons (Fsp3) is 0.450. The van der Waals surface area contributed by atoms with Crippen LogP contribution >= 0.6 is 11.5 Å². The maximum Gasteiger partial charge on any atom is 0.573 e. The molecule has 0 bridgehead atoms. The molecular weight excluding hydrogens is 833 g/mol. The van der Waals surface area contributed by atoms with Gasteiger partial charge in [0, 0.05) is 35.4 Å². The quantitative estimate of drug-likeness (QED) is 0.117. The van der Waals surface area contributed by atoms with Crippen LogP contribution in [0.25, 0.3) is 21.7 Å². The second-order valence-corrected chi connectivity index (χ2v) is 19.0. The number of sulfonamides is 1. The predicted octanol–water partition coefficient (Wildman–Crippen LogP) is 5.42. The van der Waals surface area contributed by atoms with Gasteiger partial charge in [-0.3, -0.25) is 23.9 Å². The zero-order chi connectivity index (χ0) is 42.6. The summed E-state index contributed by atoms with van der Waals surface area (Å²) in [6, 6.07) is 6.30. The number of hydrogen-bond acceptors (Lipinski definition) is 11. The lowest BCUT2D eigenvalue weighted by Crippen LogP contribution is -2.58. The minimum atomic E-state index is -5.02. The van der Waals surface area contributed by atoms with Crippen molar-refractivity contribution in [2.45, 2.75) is 99.5 Å². The van der Waals surface area contributed by atoms with Gasteiger partial charge in [0.15, 0.2) is 0 Å². The SMILES string of the molecule is CC1(S(=O)(=O)NC(=O)[C@@]23C[C@H]2/C=C\CCCCC[C@H](NC(=O)c2ccns2)C(=O)N2C[C@H](Oc4nc5cc(F)ccc5c5ccc(OC(F)(F)F)cc45)C[C@H]2C(=O)N3)CC1. The molecule has 318 valence electrons. The second-order valence-electron chi connectivity index (χ2n) is 15.9. The molecule has 2 aliphatic carbocycles. The summed E-state index contributed by atoms with van der Waals surface area (Å²) in [4.78, 5) is 62.3. The van der Waals surface area contributed by atoms with Gasteiger partial charge in [-0.2, -0.15) is 0 Å². The number of amides is 4. The number of benzene rings is 2. The van der Waals surface area contributed by atoms with Crippen LogP contribution in [0.5, 0.6) is 11.6 Å². The normalized spacial score (nSPS) is 26.2. The third kappa shape index (κ3) is 8.35. The fourth-order valence-electron chi connectivity index (χ4n) is 7.88. The van der Waals surface area contributed by atoms with Gasteiger partial charge >= 0.3 is 6.36 Å². The maximum atomic E-state index is 14.6. The van der Waals surface area contributed by atoms with Crippen molar-refractivity contribution in [2.24, 2.45) is 5.92 Å². The largest absolute Gasteiger partial charge is 0.573 e. The number of rotatable bonds is 8. The summed E-state index contributed by atoms with van der Waals surface area (Å²) in [5.74, 6) is -4.89. The van der Waals surface area contributed by atoms with Gasteiger partial charge in [-0.25, -0.2) is 22.2 Å². The summed E-state index contributed by atoms with van der Waals surface area (Å²) in [5.41, 5.74) is -1.54. The molecule has 2 aliphatic heterocycles. The number of aromatic nitrogens is 2. The molecule has 2 saturated carbocycles. The Labute approximate surface area is 345 Å². The van der Waals surface area contributed by atoms with Crippen molar-refractivity contribution in [3.63, 3.8) is 0 Å². The Morgan fingerprint density at radius 2 is 1.82 bits per heavy atom. The maximum absolute atomic E-state index is 14.6. The van der Waals surface area contributed by atoms with Crippen molar-refractivity contribution in [2.75, 3.05) is 6.54 Å². The van der Waals surface area contributed by atoms with Crippen molar-refractivity contribution in [3.05, 3.63) is 71.5 Å². The lowest BCUT2D eigenvalue weighted by atomic mass is 10.0. The molecule has 8 rings (SSSR count). The van der Waals surface area contributed by atoms with Crippen molar-refractivity contribution in [1.29, 1.82) is 0 Å². The second kappa shape index (κ2) is 15.6. The topological polar surface area (TPSA) is 186 Å². The van der Waals surface area contributed by atoms with Crippen molar-refractivity contribution in [3.8, 4) is 11.6 Å². The Kier molecular flexibility index (Phi) is 10.7. The third-order valence-electron chi connectivity index (χ3n) is 11.6. The van der Waals surface area contributed by atoms with Crippen LogP contribution in [0.15, 0.2) is 60.8 Å². The van der Waals surface area contributed by atoms with Crippen LogP contribution in [0.4, 0.5) is 17.6 Å². The molecule has 0 radical (unpaired) electrons. The van der Waals surface area contributed by atoms with E-state index in [4.69, 9.17) is 4.74 Å². The molecule has 4 aromatic rings. The van der Waals surface area contributed by atoms with E-state index in [1.165, 1.54) is 42.3 Å². The summed E-state index contributed by atoms with van der Waals surface area (Å²) >= 11 is 0.934. The van der Waals surface area contributed by atoms with Crippen LogP contribution in [0.3, 0.4) is 0 Å². The average Bonchev–Trinajstić information content (AvgIpc) is 3.93. The molecule has 2 aromatic carbocycles. The van der Waals surface area contributed by atoms with E-state index in [1.54, 1.807) is 6.08 Å². The average molecular weight is 873 g/mol. The van der Waals surface area contributed by atoms with Gasteiger partial charge in [0.2, 0.25) is 27.7 Å². The van der Waals surface area contributed by atoms with Crippen LogP contribution in [-0.4, -0.2) is 87.7 Å². The zero-order valence-electron chi connectivity index (χ0n) is 32.1. The molecule has 4 heterocycles. The summed E-state index contributed by atoms with van der Waals surface area (Å²) in [6.45, 7) is 1.25. The fourth-order valence-corrected chi connectivity index (χ4v) is 9.69. The van der Waals surface area contributed by atoms with Crippen molar-refractivity contribution >= 4 is 66.9 Å². The van der Waals surface area contributed by atoms with Gasteiger partial charge < -0.3 is 25.0 Å². The summed E-state index contributed by atoms with van der Waals surface area (Å²) in [5, 5.41) is 6.40. The number of halogens is 4. The van der Waals surface area contributed by atoms with E-state index in [9.17, 15) is 45.2 Å². The number of carbonyl (C=O) groups is 4. The van der Waals surface area contributed by atoms with Gasteiger partial charge in [0.1, 0.15) is 40.2 Å². The first kappa shape index (κ1) is 41.4. The van der Waals surface area contributed by atoms with E-state index in [0.717, 1.165) is 29.7 Å². The number of hydrogen-bond donors (Lipinski definition) is 3. The van der Waals surface area contributed by atoms with Crippen LogP contribution in [0.2, 0.25) is 0 Å². The minimum Gasteiger partial charge on any atom is -0.472 e. The van der Waals surface area contributed by atoms with E-state index in [2.05, 4.69) is 29.5 Å². The number of pyridine rings is 1. The molecule has 1 saturated heterocycles. The minimum absolute atomic E-state index is 0.0691. The molecule has 0 spiro atoms. The lowest BCUT2D eigenvalue weighted by molar-refractivity contribution is -0.274. The number of ether oxygens (including phenoxy) is 2. The molecule has 60 heavy (non-hydrogen) atoms. The number of nitrogens with zero attached hydrogens (tertiary/aromatic N) is 3. The molecule has 14 nitrogen and oxygen atoms in total. The van der Waals surface area contributed by atoms with E-state index < -0.39 is 86.0 Å². The molecule has 20 heteroatoms. The molecule has 5 atom stereocenters. The van der Waals surface area contributed by atoms with Gasteiger partial charge in [0.25, 0.3) is 11.8 Å². The first-order chi connectivity index (χ1) is 28.4. The number of alkyl halides is 3. The highest BCUT2D eigenvalue weighted by molar-refractivity contribution is 7.91. The molecule has 0 unspecified atom stereocenters. The molecule has 3 fully saturated rings. The highest BCUT2D eigenvalue weighted by atomic mass is 32.2. The first-order valence-electron chi connectivity index (χ1n) is 19.5. The third-order valence-corrected chi connectivity index (χ3v) is 14.6. The molecular formula is C40H40F4N6O8S2. The monoisotopic (exact) mass is 872 g/mol. The Morgan fingerprint density at radius 1 is 1.03 bits per heavy atom. The van der Waals surface area contributed by atoms with Gasteiger partial charge in [-0.15, -0.1) is 13.2 Å². The number of carbonyl (C=O) groups excluding carboxylic acids is 4. The van der Waals surface area contributed by atoms with Crippen LogP contribution in [0.1, 0.15) is 74.4 Å². The molecule has 4 aliphatic rings. The summed E-state index contributed by atoms with van der Waals surface area (Å²) in [7, 11) is -4.09. The molecule has 3 N–H and O–H groups in total. The smallest absolute Gasteiger partial charge is 0.472 e. The summed E-state index contributed by atoms with van der Waals surface area (Å²) < 4.78 is 96.3. The Morgan fingerprint density at radius 3 is 2.55 bits per heavy atom. The van der Waals surface area contributed by atoms with Gasteiger partial charge in [-0.1, -0.05) is 25.0 Å². The number of nitrogens with one attached hydrogen (secondary N) is 3. The van der Waals surface area contributed by atoms with E-state index in [0.29, 0.717) is 49.3 Å². The van der Waals surface area contributed by atoms with Crippen LogP contribution < -0.4 is 24.8 Å². The van der Waals surface area contributed by atoms with Crippen molar-refractivity contribution < 1.29 is 54.6 Å². The Balaban J connectivity index is 1.15. The number of fused-ring (bicyclic) bond motifs is 5. The van der Waals surface area contributed by atoms with Crippen LogP contribution in [0, 0.1) is 11.7 Å². The van der Waals surface area contributed by atoms with E-state index in [1.807, 2.05) is 6.08 Å². The standard InChI is InChI=1S/C40H40F4N6O8S2/c1-38(14-15-38)60(55,56)49-37(54)39-20-22(39)7-5-3-2-4-6-8-29(46-34(52)32-13-16-45-59-32)36(53)50-21-25(19-31(50)33(51)48-39)57-35-28-18-24(58-40(42,43)44)10-12-26(28)27-11-9-23(41)17-30(27)47-35/h5,7,9-13,16-18,22,25,29,31H,2-4,6,8,14-15,19-21H2,1H3,(H,46,52)(H,48,51)(H,49,54)/b7-5-/t22-,25-,29+,31+,39-/m1/s1. The molecule has 2 aromatic heterocycles. The first-order valence-corrected chi connectivity index (χ1v) is 21.7. The lowest BCUT2D eigenvalue weighted by Gasteiger charge is -2.30. The number of allylic oxidation sites excluding steroid dienone is 1. The Hall–Kier alpha value is -5.37.